The lowest BCUT2D eigenvalue weighted by atomic mass is 10.1. The molecule has 174 valence electrons. The molecule has 34 heavy (non-hydrogen) atoms. The Kier molecular flexibility index (Phi) is 7.17. The summed E-state index contributed by atoms with van der Waals surface area (Å²) in [4.78, 5) is 12.3. The third-order valence-electron chi connectivity index (χ3n) is 5.60. The van der Waals surface area contributed by atoms with Crippen LogP contribution in [-0.4, -0.2) is 17.1 Å². The predicted octanol–water partition coefficient (Wildman–Crippen LogP) is 7.42. The summed E-state index contributed by atoms with van der Waals surface area (Å²) >= 11 is 3.57. The molecule has 0 fully saturated rings. The van der Waals surface area contributed by atoms with Crippen LogP contribution in [0.15, 0.2) is 77.3 Å². The van der Waals surface area contributed by atoms with Gasteiger partial charge in [-0.15, -0.1) is 0 Å². The smallest absolute Gasteiger partial charge is 0.338 e. The van der Waals surface area contributed by atoms with Crippen LogP contribution in [0.4, 0.5) is 4.39 Å². The van der Waals surface area contributed by atoms with E-state index in [-0.39, 0.29) is 18.4 Å². The Hall–Kier alpha value is -3.38. The number of carbonyl (C=O) groups excluding carboxylic acids is 1. The van der Waals surface area contributed by atoms with Crippen molar-refractivity contribution in [3.8, 4) is 22.7 Å². The number of halogens is 2. The number of aromatic nitrogens is 1. The van der Waals surface area contributed by atoms with Gasteiger partial charge in [-0.1, -0.05) is 28.1 Å². The normalized spacial score (nSPS) is 10.9. The van der Waals surface area contributed by atoms with Crippen LogP contribution in [0.2, 0.25) is 0 Å². The fraction of sp³-hybridized carbons (Fsp3) is 0.179. The standard InChI is InChI=1S/C28H25BrFNO3/c1-4-33-28(32)20-6-5-7-24(15-20)31-19(3)9-12-26(31)25-16-22(29)10-13-27(25)34-17-21-14-23(30)11-8-18(21)2/h5-16H,4,17H2,1-3H3. The molecule has 4 rings (SSSR count). The Balaban J connectivity index is 1.74. The molecule has 4 nitrogen and oxygen atoms in total. The predicted molar refractivity (Wildman–Crippen MR) is 135 cm³/mol. The number of benzene rings is 3. The van der Waals surface area contributed by atoms with E-state index in [0.717, 1.165) is 38.2 Å². The van der Waals surface area contributed by atoms with Gasteiger partial charge in [0, 0.05) is 21.4 Å². The monoisotopic (exact) mass is 521 g/mol. The lowest BCUT2D eigenvalue weighted by Gasteiger charge is -2.17. The molecular formula is C28H25BrFNO3. The Labute approximate surface area is 207 Å². The number of rotatable bonds is 7. The van der Waals surface area contributed by atoms with Crippen molar-refractivity contribution in [3.63, 3.8) is 0 Å². The average Bonchev–Trinajstić information content (AvgIpc) is 3.21. The molecule has 4 aromatic rings. The first-order valence-corrected chi connectivity index (χ1v) is 11.8. The van der Waals surface area contributed by atoms with Crippen LogP contribution in [-0.2, 0) is 11.3 Å². The van der Waals surface area contributed by atoms with Crippen LogP contribution in [0.5, 0.6) is 5.75 Å². The maximum atomic E-state index is 13.8. The van der Waals surface area contributed by atoms with Crippen LogP contribution in [0.3, 0.4) is 0 Å². The van der Waals surface area contributed by atoms with E-state index in [2.05, 4.69) is 20.5 Å². The van der Waals surface area contributed by atoms with Crippen molar-refractivity contribution in [3.05, 3.63) is 105 Å². The summed E-state index contributed by atoms with van der Waals surface area (Å²) in [5.41, 5.74) is 5.88. The third kappa shape index (κ3) is 5.07. The first-order valence-electron chi connectivity index (χ1n) is 11.0. The molecule has 6 heteroatoms. The van der Waals surface area contributed by atoms with Crippen molar-refractivity contribution in [2.24, 2.45) is 0 Å². The number of ether oxygens (including phenoxy) is 2. The summed E-state index contributed by atoms with van der Waals surface area (Å²) in [6.07, 6.45) is 0. The number of nitrogens with zero attached hydrogens (tertiary/aromatic N) is 1. The van der Waals surface area contributed by atoms with Gasteiger partial charge >= 0.3 is 5.97 Å². The van der Waals surface area contributed by atoms with Crippen molar-refractivity contribution >= 4 is 21.9 Å². The largest absolute Gasteiger partial charge is 0.488 e. The lowest BCUT2D eigenvalue weighted by Crippen LogP contribution is -2.07. The minimum atomic E-state index is -0.354. The van der Waals surface area contributed by atoms with E-state index in [4.69, 9.17) is 9.47 Å². The molecule has 0 aliphatic heterocycles. The van der Waals surface area contributed by atoms with Gasteiger partial charge in [0.1, 0.15) is 18.2 Å². The van der Waals surface area contributed by atoms with Gasteiger partial charge in [-0.2, -0.15) is 0 Å². The highest BCUT2D eigenvalue weighted by Gasteiger charge is 2.17. The number of carbonyl (C=O) groups is 1. The second-order valence-electron chi connectivity index (χ2n) is 7.97. The molecule has 0 atom stereocenters. The first kappa shape index (κ1) is 23.8. The SMILES string of the molecule is CCOC(=O)c1cccc(-n2c(C)ccc2-c2cc(Br)ccc2OCc2cc(F)ccc2C)c1. The molecule has 0 unspecified atom stereocenters. The third-order valence-corrected chi connectivity index (χ3v) is 6.10. The van der Waals surface area contributed by atoms with Crippen molar-refractivity contribution in [2.45, 2.75) is 27.4 Å². The minimum absolute atomic E-state index is 0.246. The second kappa shape index (κ2) is 10.3. The van der Waals surface area contributed by atoms with E-state index >= 15 is 0 Å². The zero-order valence-corrected chi connectivity index (χ0v) is 20.9. The number of aryl methyl sites for hydroxylation is 2. The van der Waals surface area contributed by atoms with Gasteiger partial charge in [-0.05, 0) is 92.6 Å². The quantitative estimate of drug-likeness (QED) is 0.237. The Morgan fingerprint density at radius 3 is 2.62 bits per heavy atom. The molecule has 3 aromatic carbocycles. The molecule has 0 saturated heterocycles. The molecule has 0 aliphatic rings. The number of esters is 1. The average molecular weight is 522 g/mol. The Bertz CT molecular complexity index is 1350. The molecule has 0 bridgehead atoms. The van der Waals surface area contributed by atoms with Crippen molar-refractivity contribution in [1.82, 2.24) is 4.57 Å². The van der Waals surface area contributed by atoms with Gasteiger partial charge in [0.2, 0.25) is 0 Å². The molecule has 1 heterocycles. The lowest BCUT2D eigenvalue weighted by molar-refractivity contribution is 0.0526. The topological polar surface area (TPSA) is 40.5 Å². The molecule has 0 amide bonds. The second-order valence-corrected chi connectivity index (χ2v) is 8.88. The van der Waals surface area contributed by atoms with Crippen LogP contribution >= 0.6 is 15.9 Å². The zero-order valence-electron chi connectivity index (χ0n) is 19.3. The molecule has 1 aromatic heterocycles. The van der Waals surface area contributed by atoms with Gasteiger partial charge in [0.25, 0.3) is 0 Å². The van der Waals surface area contributed by atoms with Crippen molar-refractivity contribution in [1.29, 1.82) is 0 Å². The molecule has 0 N–H and O–H groups in total. The summed E-state index contributed by atoms with van der Waals surface area (Å²) < 4.78 is 28.1. The van der Waals surface area contributed by atoms with Gasteiger partial charge in [-0.25, -0.2) is 9.18 Å². The van der Waals surface area contributed by atoms with Gasteiger partial charge in [0.05, 0.1) is 17.9 Å². The zero-order chi connectivity index (χ0) is 24.2. The fourth-order valence-electron chi connectivity index (χ4n) is 3.86. The van der Waals surface area contributed by atoms with E-state index in [9.17, 15) is 9.18 Å². The summed E-state index contributed by atoms with van der Waals surface area (Å²) in [5.74, 6) is 0.0339. The fourth-order valence-corrected chi connectivity index (χ4v) is 4.22. The van der Waals surface area contributed by atoms with Crippen molar-refractivity contribution < 1.29 is 18.7 Å². The summed E-state index contributed by atoms with van der Waals surface area (Å²) in [6, 6.07) is 21.9. The van der Waals surface area contributed by atoms with Gasteiger partial charge in [-0.3, -0.25) is 0 Å². The molecule has 0 aliphatic carbocycles. The Morgan fingerprint density at radius 1 is 1.00 bits per heavy atom. The van der Waals surface area contributed by atoms with E-state index in [1.807, 2.05) is 62.4 Å². The van der Waals surface area contributed by atoms with Crippen LogP contribution in [0.1, 0.15) is 34.1 Å². The highest BCUT2D eigenvalue weighted by atomic mass is 79.9. The van der Waals surface area contributed by atoms with Crippen LogP contribution in [0, 0.1) is 19.7 Å². The molecular weight excluding hydrogens is 497 g/mol. The van der Waals surface area contributed by atoms with Crippen LogP contribution < -0.4 is 4.74 Å². The van der Waals surface area contributed by atoms with Crippen LogP contribution in [0.25, 0.3) is 16.9 Å². The highest BCUT2D eigenvalue weighted by Crippen LogP contribution is 2.36. The molecule has 0 spiro atoms. The maximum Gasteiger partial charge on any atom is 0.338 e. The van der Waals surface area contributed by atoms with Crippen molar-refractivity contribution in [2.75, 3.05) is 6.61 Å². The molecule has 0 radical (unpaired) electrons. The summed E-state index contributed by atoms with van der Waals surface area (Å²) in [5, 5.41) is 0. The van der Waals surface area contributed by atoms with E-state index in [1.165, 1.54) is 12.1 Å². The van der Waals surface area contributed by atoms with E-state index in [1.54, 1.807) is 19.1 Å². The van der Waals surface area contributed by atoms with E-state index < -0.39 is 0 Å². The Morgan fingerprint density at radius 2 is 1.82 bits per heavy atom. The number of hydrogen-bond acceptors (Lipinski definition) is 3. The van der Waals surface area contributed by atoms with Gasteiger partial charge < -0.3 is 14.0 Å². The minimum Gasteiger partial charge on any atom is -0.488 e. The molecule has 0 saturated carbocycles. The highest BCUT2D eigenvalue weighted by molar-refractivity contribution is 9.10. The van der Waals surface area contributed by atoms with E-state index in [0.29, 0.717) is 17.9 Å². The number of hydrogen-bond donors (Lipinski definition) is 0. The van der Waals surface area contributed by atoms with Gasteiger partial charge in [0.15, 0.2) is 0 Å². The summed E-state index contributed by atoms with van der Waals surface area (Å²) in [6.45, 7) is 6.30. The maximum absolute atomic E-state index is 13.8. The first-order chi connectivity index (χ1) is 16.4. The summed E-state index contributed by atoms with van der Waals surface area (Å²) in [7, 11) is 0.